The van der Waals surface area contributed by atoms with E-state index in [2.05, 4.69) is 10.0 Å². The maximum absolute atomic E-state index is 12.5. The van der Waals surface area contributed by atoms with Gasteiger partial charge in [0, 0.05) is 18.7 Å². The summed E-state index contributed by atoms with van der Waals surface area (Å²) in [5, 5.41) is 2.85. The number of rotatable bonds is 10. The number of amides is 1. The third-order valence-corrected chi connectivity index (χ3v) is 6.78. The first-order valence-corrected chi connectivity index (χ1v) is 12.2. The zero-order valence-electron chi connectivity index (χ0n) is 17.8. The number of carbonyl (C=O) groups is 1. The summed E-state index contributed by atoms with van der Waals surface area (Å²) < 4.78 is 33.1. The van der Waals surface area contributed by atoms with Crippen molar-refractivity contribution in [3.8, 4) is 5.75 Å². The number of carbonyl (C=O) groups excluding carboxylic acids is 1. The van der Waals surface area contributed by atoms with E-state index in [1.807, 2.05) is 31.2 Å². The highest BCUT2D eigenvalue weighted by Crippen LogP contribution is 2.20. The van der Waals surface area contributed by atoms with Gasteiger partial charge in [-0.05, 0) is 67.7 Å². The molecule has 0 aromatic heterocycles. The molecule has 2 aromatic carbocycles. The van der Waals surface area contributed by atoms with Crippen molar-refractivity contribution < 1.29 is 17.9 Å². The van der Waals surface area contributed by atoms with E-state index in [0.717, 1.165) is 42.6 Å². The Hall–Kier alpha value is -2.64. The van der Waals surface area contributed by atoms with E-state index < -0.39 is 10.0 Å². The smallest absolute Gasteiger partial charge is 0.244 e. The Kier molecular flexibility index (Phi) is 8.26. The predicted molar refractivity (Wildman–Crippen MR) is 122 cm³/mol. The average molecular weight is 443 g/mol. The van der Waals surface area contributed by atoms with Gasteiger partial charge in [-0.15, -0.1) is 0 Å². The molecule has 0 spiro atoms. The molecular weight excluding hydrogens is 412 g/mol. The lowest BCUT2D eigenvalue weighted by Crippen LogP contribution is -2.32. The van der Waals surface area contributed by atoms with Gasteiger partial charge in [0.05, 0.1) is 11.5 Å². The average Bonchev–Trinajstić information content (AvgIpc) is 3.26. The van der Waals surface area contributed by atoms with Crippen molar-refractivity contribution in [2.24, 2.45) is 0 Å². The van der Waals surface area contributed by atoms with Crippen molar-refractivity contribution in [1.29, 1.82) is 0 Å². The van der Waals surface area contributed by atoms with E-state index in [-0.39, 0.29) is 16.8 Å². The van der Waals surface area contributed by atoms with Crippen LogP contribution in [0, 0.1) is 0 Å². The Balaban J connectivity index is 1.44. The summed E-state index contributed by atoms with van der Waals surface area (Å²) in [4.78, 5) is 12.3. The summed E-state index contributed by atoms with van der Waals surface area (Å²) in [5.74, 6) is 0.631. The van der Waals surface area contributed by atoms with Crippen LogP contribution in [0.3, 0.4) is 0 Å². The van der Waals surface area contributed by atoms with Gasteiger partial charge in [-0.3, -0.25) is 4.79 Å². The van der Waals surface area contributed by atoms with Crippen LogP contribution in [0.5, 0.6) is 5.75 Å². The molecule has 0 unspecified atom stereocenters. The molecule has 2 aromatic rings. The minimum absolute atomic E-state index is 0.0514. The zero-order valence-corrected chi connectivity index (χ0v) is 18.7. The van der Waals surface area contributed by atoms with Crippen molar-refractivity contribution in [2.75, 3.05) is 13.2 Å². The van der Waals surface area contributed by atoms with E-state index in [1.54, 1.807) is 30.3 Å². The third-order valence-electron chi connectivity index (χ3n) is 5.24. The molecule has 0 heterocycles. The Bertz CT molecular complexity index is 977. The van der Waals surface area contributed by atoms with Crippen LogP contribution in [0.2, 0.25) is 0 Å². The summed E-state index contributed by atoms with van der Waals surface area (Å²) in [6, 6.07) is 14.4. The maximum atomic E-state index is 12.5. The van der Waals surface area contributed by atoms with Gasteiger partial charge < -0.3 is 10.1 Å². The first kappa shape index (κ1) is 23.0. The molecule has 1 saturated carbocycles. The molecule has 1 aliphatic rings. The number of hydrogen-bond donors (Lipinski definition) is 2. The van der Waals surface area contributed by atoms with E-state index in [1.165, 1.54) is 6.08 Å². The Morgan fingerprint density at radius 2 is 1.74 bits per heavy atom. The minimum Gasteiger partial charge on any atom is -0.494 e. The largest absolute Gasteiger partial charge is 0.494 e. The maximum Gasteiger partial charge on any atom is 0.244 e. The van der Waals surface area contributed by atoms with Crippen molar-refractivity contribution in [1.82, 2.24) is 10.0 Å². The molecule has 7 heteroatoms. The zero-order chi connectivity index (χ0) is 22.1. The number of ether oxygens (including phenoxy) is 1. The number of sulfonamides is 1. The summed E-state index contributed by atoms with van der Waals surface area (Å²) in [5.41, 5.74) is 1.89. The molecule has 31 heavy (non-hydrogen) atoms. The number of hydrogen-bond acceptors (Lipinski definition) is 4. The standard InChI is InChI=1S/C24H30N2O4S/c1-2-30-22-12-7-19(8-13-22)11-16-24(27)25-18-17-20-9-14-23(15-10-20)31(28,29)26-21-5-3-4-6-21/h7-16,21,26H,2-6,17-18H2,1H3,(H,25,27)/b16-11+. The van der Waals surface area contributed by atoms with E-state index in [9.17, 15) is 13.2 Å². The molecule has 166 valence electrons. The molecule has 3 rings (SSSR count). The van der Waals surface area contributed by atoms with E-state index >= 15 is 0 Å². The van der Waals surface area contributed by atoms with Gasteiger partial charge in [0.1, 0.15) is 5.75 Å². The molecular formula is C24H30N2O4S. The van der Waals surface area contributed by atoms with Crippen LogP contribution in [0.15, 0.2) is 59.5 Å². The Morgan fingerprint density at radius 1 is 1.06 bits per heavy atom. The molecule has 0 atom stereocenters. The van der Waals surface area contributed by atoms with E-state index in [4.69, 9.17) is 4.74 Å². The van der Waals surface area contributed by atoms with Crippen molar-refractivity contribution in [3.05, 3.63) is 65.7 Å². The molecule has 1 fully saturated rings. The van der Waals surface area contributed by atoms with Crippen LogP contribution in [0.1, 0.15) is 43.7 Å². The first-order chi connectivity index (χ1) is 15.0. The van der Waals surface area contributed by atoms with Gasteiger partial charge in [-0.25, -0.2) is 13.1 Å². The van der Waals surface area contributed by atoms with Gasteiger partial charge in [0.15, 0.2) is 0 Å². The van der Waals surface area contributed by atoms with Crippen molar-refractivity contribution >= 4 is 22.0 Å². The SMILES string of the molecule is CCOc1ccc(/C=C/C(=O)NCCc2ccc(S(=O)(=O)NC3CCCC3)cc2)cc1. The van der Waals surface area contributed by atoms with Gasteiger partial charge in [0.2, 0.25) is 15.9 Å². The predicted octanol–water partition coefficient (Wildman–Crippen LogP) is 3.68. The molecule has 1 aliphatic carbocycles. The fourth-order valence-electron chi connectivity index (χ4n) is 3.57. The molecule has 0 radical (unpaired) electrons. The second-order valence-corrected chi connectivity index (χ2v) is 9.34. The molecule has 0 aliphatic heterocycles. The summed E-state index contributed by atoms with van der Waals surface area (Å²) in [6.45, 7) is 3.02. The van der Waals surface area contributed by atoms with Crippen LogP contribution in [0.25, 0.3) is 6.08 Å². The minimum atomic E-state index is -3.47. The highest BCUT2D eigenvalue weighted by Gasteiger charge is 2.22. The third kappa shape index (κ3) is 7.22. The van der Waals surface area contributed by atoms with Gasteiger partial charge in [0.25, 0.3) is 0 Å². The lowest BCUT2D eigenvalue weighted by atomic mass is 10.1. The van der Waals surface area contributed by atoms with Crippen LogP contribution < -0.4 is 14.8 Å². The molecule has 2 N–H and O–H groups in total. The Morgan fingerprint density at radius 3 is 2.39 bits per heavy atom. The topological polar surface area (TPSA) is 84.5 Å². The number of nitrogens with one attached hydrogen (secondary N) is 2. The summed E-state index contributed by atoms with van der Waals surface area (Å²) in [7, 11) is -3.47. The molecule has 0 saturated heterocycles. The lowest BCUT2D eigenvalue weighted by Gasteiger charge is -2.12. The van der Waals surface area contributed by atoms with Crippen LogP contribution in [-0.4, -0.2) is 33.5 Å². The lowest BCUT2D eigenvalue weighted by molar-refractivity contribution is -0.116. The fourth-order valence-corrected chi connectivity index (χ4v) is 4.87. The van der Waals surface area contributed by atoms with E-state index in [0.29, 0.717) is 19.6 Å². The quantitative estimate of drug-likeness (QED) is 0.550. The highest BCUT2D eigenvalue weighted by molar-refractivity contribution is 7.89. The monoisotopic (exact) mass is 442 g/mol. The Labute approximate surface area is 184 Å². The van der Waals surface area contributed by atoms with Crippen LogP contribution in [0.4, 0.5) is 0 Å². The van der Waals surface area contributed by atoms with Gasteiger partial charge >= 0.3 is 0 Å². The first-order valence-electron chi connectivity index (χ1n) is 10.8. The molecule has 1 amide bonds. The van der Waals surface area contributed by atoms with Crippen LogP contribution >= 0.6 is 0 Å². The van der Waals surface area contributed by atoms with Gasteiger partial charge in [-0.2, -0.15) is 0 Å². The van der Waals surface area contributed by atoms with Crippen molar-refractivity contribution in [3.63, 3.8) is 0 Å². The highest BCUT2D eigenvalue weighted by atomic mass is 32.2. The van der Waals surface area contributed by atoms with Crippen LogP contribution in [-0.2, 0) is 21.2 Å². The molecule has 0 bridgehead atoms. The van der Waals surface area contributed by atoms with Gasteiger partial charge in [-0.1, -0.05) is 37.1 Å². The fraction of sp³-hybridized carbons (Fsp3) is 0.375. The summed E-state index contributed by atoms with van der Waals surface area (Å²) >= 11 is 0. The van der Waals surface area contributed by atoms with Crippen molar-refractivity contribution in [2.45, 2.75) is 50.0 Å². The number of benzene rings is 2. The normalized spacial score (nSPS) is 14.7. The summed E-state index contributed by atoms with van der Waals surface area (Å²) in [6.07, 6.45) is 7.84. The second-order valence-electron chi connectivity index (χ2n) is 7.62. The second kappa shape index (κ2) is 11.1. The molecule has 6 nitrogen and oxygen atoms in total.